The van der Waals surface area contributed by atoms with Gasteiger partial charge in [-0.1, -0.05) is 48.0 Å². The van der Waals surface area contributed by atoms with Crippen LogP contribution < -0.4 is 14.9 Å². The minimum Gasteiger partial charge on any atom is -0.487 e. The summed E-state index contributed by atoms with van der Waals surface area (Å²) in [5, 5.41) is 4.68. The first-order valence-electron chi connectivity index (χ1n) is 8.88. The summed E-state index contributed by atoms with van der Waals surface area (Å²) >= 11 is 10.6. The molecule has 5 nitrogen and oxygen atoms in total. The second kappa shape index (κ2) is 11.5. The molecule has 3 rings (SSSR count). The summed E-state index contributed by atoms with van der Waals surface area (Å²) in [7, 11) is 0. The van der Waals surface area contributed by atoms with Crippen LogP contribution in [-0.4, -0.2) is 18.7 Å². The second-order valence-electron chi connectivity index (χ2n) is 6.09. The Labute approximate surface area is 207 Å². The van der Waals surface area contributed by atoms with E-state index in [0.29, 0.717) is 17.4 Å². The average Bonchev–Trinajstić information content (AvgIpc) is 2.73. The number of carbonyl (C=O) groups excluding carboxylic acids is 1. The van der Waals surface area contributed by atoms with Gasteiger partial charge in [0.1, 0.15) is 18.1 Å². The Kier molecular flexibility index (Phi) is 8.76. The van der Waals surface area contributed by atoms with Gasteiger partial charge in [0.25, 0.3) is 5.91 Å². The lowest BCUT2D eigenvalue weighted by Crippen LogP contribution is -2.24. The van der Waals surface area contributed by atoms with Gasteiger partial charge in [0, 0.05) is 10.6 Å². The Bertz CT molecular complexity index is 1020. The van der Waals surface area contributed by atoms with Crippen LogP contribution in [-0.2, 0) is 11.4 Å². The first kappa shape index (κ1) is 22.8. The maximum absolute atomic E-state index is 11.9. The molecular weight excluding hydrogens is 630 g/mol. The first-order chi connectivity index (χ1) is 14.5. The number of para-hydroxylation sites is 1. The number of amides is 1. The lowest BCUT2D eigenvalue weighted by molar-refractivity contribution is -0.123. The van der Waals surface area contributed by atoms with Gasteiger partial charge in [-0.15, -0.1) is 0 Å². The summed E-state index contributed by atoms with van der Waals surface area (Å²) in [6.45, 7) is 0.280. The average molecular weight is 647 g/mol. The molecule has 8 heteroatoms. The van der Waals surface area contributed by atoms with Gasteiger partial charge in [0.15, 0.2) is 6.61 Å². The van der Waals surface area contributed by atoms with Gasteiger partial charge in [-0.25, -0.2) is 5.43 Å². The zero-order valence-electron chi connectivity index (χ0n) is 15.6. The summed E-state index contributed by atoms with van der Waals surface area (Å²) in [6.07, 6.45) is 1.59. The predicted octanol–water partition coefficient (Wildman–Crippen LogP) is 5.66. The van der Waals surface area contributed by atoms with Crippen molar-refractivity contribution in [3.8, 4) is 11.5 Å². The summed E-state index contributed by atoms with van der Waals surface area (Å²) in [4.78, 5) is 11.9. The van der Waals surface area contributed by atoms with Crippen LogP contribution in [0.1, 0.15) is 11.1 Å². The SMILES string of the molecule is O=C(COc1ccccc1)N/N=C\c1cc(I)c(OCc2ccccc2Cl)c(I)c1. The topological polar surface area (TPSA) is 59.9 Å². The van der Waals surface area contributed by atoms with Crippen molar-refractivity contribution in [2.24, 2.45) is 5.10 Å². The number of nitrogens with zero attached hydrogens (tertiary/aromatic N) is 1. The summed E-state index contributed by atoms with van der Waals surface area (Å²) in [5.74, 6) is 1.08. The number of hydrazone groups is 1. The number of halogens is 3. The minimum absolute atomic E-state index is 0.106. The van der Waals surface area contributed by atoms with Gasteiger partial charge in [0.2, 0.25) is 0 Å². The van der Waals surface area contributed by atoms with Crippen LogP contribution in [0, 0.1) is 7.14 Å². The molecule has 0 radical (unpaired) electrons. The Hall–Kier alpha value is -1.85. The van der Waals surface area contributed by atoms with Crippen molar-refractivity contribution >= 4 is 68.9 Å². The van der Waals surface area contributed by atoms with Crippen molar-refractivity contribution in [1.29, 1.82) is 0 Å². The van der Waals surface area contributed by atoms with E-state index in [2.05, 4.69) is 55.7 Å². The number of hydrogen-bond donors (Lipinski definition) is 1. The van der Waals surface area contributed by atoms with Gasteiger partial charge >= 0.3 is 0 Å². The minimum atomic E-state index is -0.334. The lowest BCUT2D eigenvalue weighted by Gasteiger charge is -2.12. The fourth-order valence-corrected chi connectivity index (χ4v) is 4.75. The van der Waals surface area contributed by atoms with Crippen molar-refractivity contribution in [2.45, 2.75) is 6.61 Å². The number of benzene rings is 3. The molecule has 0 fully saturated rings. The van der Waals surface area contributed by atoms with Crippen LogP contribution in [0.25, 0.3) is 0 Å². The van der Waals surface area contributed by atoms with Crippen LogP contribution in [0.15, 0.2) is 71.8 Å². The van der Waals surface area contributed by atoms with Crippen LogP contribution in [0.3, 0.4) is 0 Å². The van der Waals surface area contributed by atoms with Crippen molar-refractivity contribution in [2.75, 3.05) is 6.61 Å². The molecule has 0 atom stereocenters. The van der Waals surface area contributed by atoms with E-state index in [1.165, 1.54) is 0 Å². The quantitative estimate of drug-likeness (QED) is 0.195. The van der Waals surface area contributed by atoms with E-state index in [0.717, 1.165) is 24.0 Å². The maximum Gasteiger partial charge on any atom is 0.277 e. The van der Waals surface area contributed by atoms with Gasteiger partial charge < -0.3 is 9.47 Å². The molecule has 0 bridgehead atoms. The van der Waals surface area contributed by atoms with E-state index >= 15 is 0 Å². The fourth-order valence-electron chi connectivity index (χ4n) is 2.43. The lowest BCUT2D eigenvalue weighted by atomic mass is 10.2. The van der Waals surface area contributed by atoms with Crippen molar-refractivity contribution < 1.29 is 14.3 Å². The molecule has 1 amide bonds. The molecule has 154 valence electrons. The van der Waals surface area contributed by atoms with Gasteiger partial charge in [-0.05, 0) is 81.1 Å². The van der Waals surface area contributed by atoms with Crippen molar-refractivity contribution in [3.63, 3.8) is 0 Å². The van der Waals surface area contributed by atoms with E-state index < -0.39 is 0 Å². The zero-order chi connectivity index (χ0) is 21.3. The van der Waals surface area contributed by atoms with E-state index in [9.17, 15) is 4.79 Å². The van der Waals surface area contributed by atoms with E-state index in [4.69, 9.17) is 21.1 Å². The molecule has 0 spiro atoms. The third-order valence-electron chi connectivity index (χ3n) is 3.87. The van der Waals surface area contributed by atoms with Gasteiger partial charge in [-0.3, -0.25) is 4.79 Å². The summed E-state index contributed by atoms with van der Waals surface area (Å²) in [5.41, 5.74) is 4.24. The Morgan fingerprint density at radius 1 is 1.00 bits per heavy atom. The Balaban J connectivity index is 1.55. The van der Waals surface area contributed by atoms with Crippen molar-refractivity contribution in [1.82, 2.24) is 5.43 Å². The predicted molar refractivity (Wildman–Crippen MR) is 135 cm³/mol. The zero-order valence-corrected chi connectivity index (χ0v) is 20.7. The highest BCUT2D eigenvalue weighted by atomic mass is 127. The molecule has 1 N–H and O–H groups in total. The number of hydrogen-bond acceptors (Lipinski definition) is 4. The highest BCUT2D eigenvalue weighted by Gasteiger charge is 2.10. The van der Waals surface area contributed by atoms with E-state index in [1.54, 1.807) is 18.3 Å². The van der Waals surface area contributed by atoms with E-state index in [-0.39, 0.29) is 12.5 Å². The fraction of sp³-hybridized carbons (Fsp3) is 0.0909. The molecule has 0 unspecified atom stereocenters. The Morgan fingerprint density at radius 2 is 1.67 bits per heavy atom. The van der Waals surface area contributed by atoms with Crippen LogP contribution in [0.5, 0.6) is 11.5 Å². The van der Waals surface area contributed by atoms with Gasteiger partial charge in [-0.2, -0.15) is 5.10 Å². The molecule has 0 saturated carbocycles. The second-order valence-corrected chi connectivity index (χ2v) is 8.82. The monoisotopic (exact) mass is 646 g/mol. The van der Waals surface area contributed by atoms with Crippen LogP contribution in [0.4, 0.5) is 0 Å². The molecule has 3 aromatic rings. The van der Waals surface area contributed by atoms with Crippen molar-refractivity contribution in [3.05, 3.63) is 90.0 Å². The molecule has 0 aromatic heterocycles. The standard InChI is InChI=1S/C22H17ClI2N2O3/c23-18-9-5-4-6-16(18)13-30-22-19(24)10-15(11-20(22)25)12-26-27-21(28)14-29-17-7-2-1-3-8-17/h1-12H,13-14H2,(H,27,28)/b26-12-. The molecule has 0 heterocycles. The normalized spacial score (nSPS) is 10.8. The third-order valence-corrected chi connectivity index (χ3v) is 5.84. The molecule has 0 saturated heterocycles. The van der Waals surface area contributed by atoms with Crippen LogP contribution >= 0.6 is 56.8 Å². The summed E-state index contributed by atoms with van der Waals surface area (Å²) in [6, 6.07) is 20.6. The molecule has 30 heavy (non-hydrogen) atoms. The number of rotatable bonds is 8. The number of carbonyl (C=O) groups is 1. The highest BCUT2D eigenvalue weighted by molar-refractivity contribution is 14.1. The molecule has 3 aromatic carbocycles. The van der Waals surface area contributed by atoms with Gasteiger partial charge in [0.05, 0.1) is 13.4 Å². The number of nitrogens with one attached hydrogen (secondary N) is 1. The Morgan fingerprint density at radius 3 is 2.37 bits per heavy atom. The first-order valence-corrected chi connectivity index (χ1v) is 11.4. The highest BCUT2D eigenvalue weighted by Crippen LogP contribution is 2.30. The molecule has 0 aliphatic heterocycles. The molecule has 0 aliphatic carbocycles. The largest absolute Gasteiger partial charge is 0.487 e. The molecular formula is C22H17ClI2N2O3. The van der Waals surface area contributed by atoms with E-state index in [1.807, 2.05) is 54.6 Å². The number of ether oxygens (including phenoxy) is 2. The third kappa shape index (κ3) is 6.85. The molecule has 0 aliphatic rings. The smallest absolute Gasteiger partial charge is 0.277 e. The van der Waals surface area contributed by atoms with Crippen LogP contribution in [0.2, 0.25) is 5.02 Å². The maximum atomic E-state index is 11.9. The summed E-state index contributed by atoms with van der Waals surface area (Å²) < 4.78 is 13.2.